The molecule has 0 saturated carbocycles. The van der Waals surface area contributed by atoms with Gasteiger partial charge in [0.2, 0.25) is 0 Å². The molecule has 0 bridgehead atoms. The van der Waals surface area contributed by atoms with Gasteiger partial charge in [-0.05, 0) is 110 Å². The average molecular weight is 690 g/mol. The third-order valence-electron chi connectivity index (χ3n) is 10.5. The number of rotatable bonds is 7. The molecule has 1 heterocycles. The molecule has 2 nitrogen and oxygen atoms in total. The first kappa shape index (κ1) is 31.6. The molecule has 0 N–H and O–H groups in total. The summed E-state index contributed by atoms with van der Waals surface area (Å²) in [5, 5.41) is 4.71. The zero-order chi connectivity index (χ0) is 35.8. The van der Waals surface area contributed by atoms with Gasteiger partial charge in [0.15, 0.2) is 0 Å². The maximum atomic E-state index is 6.23. The summed E-state index contributed by atoms with van der Waals surface area (Å²) in [6.45, 7) is 0. The van der Waals surface area contributed by atoms with Crippen LogP contribution in [0.5, 0.6) is 0 Å². The van der Waals surface area contributed by atoms with Crippen LogP contribution in [0.3, 0.4) is 0 Å². The molecule has 0 radical (unpaired) electrons. The largest absolute Gasteiger partial charge is 0.456 e. The van der Waals surface area contributed by atoms with Crippen molar-refractivity contribution >= 4 is 49.8 Å². The van der Waals surface area contributed by atoms with Gasteiger partial charge < -0.3 is 9.32 Å². The Morgan fingerprint density at radius 3 is 1.46 bits per heavy atom. The summed E-state index contributed by atoms with van der Waals surface area (Å²) in [5.41, 5.74) is 14.6. The number of nitrogens with zero attached hydrogens (tertiary/aromatic N) is 1. The van der Waals surface area contributed by atoms with E-state index in [0.29, 0.717) is 0 Å². The minimum atomic E-state index is 0.915. The number of anilines is 3. The van der Waals surface area contributed by atoms with Gasteiger partial charge in [-0.3, -0.25) is 0 Å². The van der Waals surface area contributed by atoms with Crippen LogP contribution in [-0.4, -0.2) is 0 Å². The highest BCUT2D eigenvalue weighted by atomic mass is 16.3. The summed E-state index contributed by atoms with van der Waals surface area (Å²) in [4.78, 5) is 2.36. The Kier molecular flexibility index (Phi) is 7.85. The highest BCUT2D eigenvalue weighted by Crippen LogP contribution is 2.42. The fraction of sp³-hybridized carbons (Fsp3) is 0. The predicted octanol–water partition coefficient (Wildman–Crippen LogP) is 14.9. The van der Waals surface area contributed by atoms with E-state index in [1.54, 1.807) is 0 Å². The lowest BCUT2D eigenvalue weighted by Crippen LogP contribution is -2.10. The molecule has 254 valence electrons. The summed E-state index contributed by atoms with van der Waals surface area (Å²) in [7, 11) is 0. The standard InChI is InChI=1S/C52H35NO/c1-4-12-36(13-5-1)37-22-27-43(28-23-37)53(45-31-32-46(39-14-6-2-7-15-39)48(35-45)40-16-8-3-9-17-40)44-29-24-38(25-30-44)42-21-20-41-26-33-51-52(49(41)34-42)47-18-10-11-19-50(47)54-51/h1-35H. The van der Waals surface area contributed by atoms with E-state index < -0.39 is 0 Å². The molecule has 1 aromatic heterocycles. The molecular weight excluding hydrogens is 655 g/mol. The molecule has 0 saturated heterocycles. The zero-order valence-corrected chi connectivity index (χ0v) is 29.6. The van der Waals surface area contributed by atoms with E-state index in [9.17, 15) is 0 Å². The number of hydrogen-bond donors (Lipinski definition) is 0. The Morgan fingerprint density at radius 2 is 0.796 bits per heavy atom. The van der Waals surface area contributed by atoms with Gasteiger partial charge in [-0.2, -0.15) is 0 Å². The number of benzene rings is 9. The van der Waals surface area contributed by atoms with Crippen LogP contribution in [0, 0.1) is 0 Å². The van der Waals surface area contributed by atoms with Crippen LogP contribution < -0.4 is 4.90 Å². The fourth-order valence-corrected chi connectivity index (χ4v) is 7.80. The monoisotopic (exact) mass is 689 g/mol. The van der Waals surface area contributed by atoms with E-state index in [1.165, 1.54) is 55.1 Å². The number of para-hydroxylation sites is 1. The predicted molar refractivity (Wildman–Crippen MR) is 228 cm³/mol. The quantitative estimate of drug-likeness (QED) is 0.166. The lowest BCUT2D eigenvalue weighted by molar-refractivity contribution is 0.669. The lowest BCUT2D eigenvalue weighted by atomic mass is 9.93. The van der Waals surface area contributed by atoms with Gasteiger partial charge >= 0.3 is 0 Å². The smallest absolute Gasteiger partial charge is 0.136 e. The summed E-state index contributed by atoms with van der Waals surface area (Å²) in [5.74, 6) is 0. The minimum Gasteiger partial charge on any atom is -0.456 e. The minimum absolute atomic E-state index is 0.915. The van der Waals surface area contributed by atoms with E-state index in [0.717, 1.165) is 39.2 Å². The van der Waals surface area contributed by atoms with Crippen molar-refractivity contribution in [3.05, 3.63) is 212 Å². The summed E-state index contributed by atoms with van der Waals surface area (Å²) in [6, 6.07) is 75.9. The third-order valence-corrected chi connectivity index (χ3v) is 10.5. The Labute approximate surface area is 314 Å². The molecule has 9 aromatic carbocycles. The Hall–Kier alpha value is -7.16. The van der Waals surface area contributed by atoms with Gasteiger partial charge in [-0.1, -0.05) is 158 Å². The van der Waals surface area contributed by atoms with Crippen LogP contribution in [0.4, 0.5) is 17.1 Å². The van der Waals surface area contributed by atoms with Crippen LogP contribution in [-0.2, 0) is 0 Å². The van der Waals surface area contributed by atoms with Crippen molar-refractivity contribution in [2.24, 2.45) is 0 Å². The van der Waals surface area contributed by atoms with Crippen molar-refractivity contribution in [3.63, 3.8) is 0 Å². The summed E-state index contributed by atoms with van der Waals surface area (Å²) >= 11 is 0. The first-order valence-electron chi connectivity index (χ1n) is 18.4. The van der Waals surface area contributed by atoms with E-state index in [1.807, 2.05) is 12.1 Å². The van der Waals surface area contributed by atoms with Crippen molar-refractivity contribution in [2.75, 3.05) is 4.90 Å². The number of hydrogen-bond acceptors (Lipinski definition) is 2. The SMILES string of the molecule is c1ccc(-c2ccc(N(c3ccc(-c4ccc5ccc6oc7ccccc7c6c5c4)cc3)c3ccc(-c4ccccc4)c(-c4ccccc4)c3)cc2)cc1. The molecule has 2 heteroatoms. The molecule has 0 atom stereocenters. The molecule has 0 spiro atoms. The van der Waals surface area contributed by atoms with Crippen LogP contribution >= 0.6 is 0 Å². The maximum Gasteiger partial charge on any atom is 0.136 e. The molecule has 0 aliphatic carbocycles. The topological polar surface area (TPSA) is 16.4 Å². The highest BCUT2D eigenvalue weighted by Gasteiger charge is 2.17. The van der Waals surface area contributed by atoms with E-state index in [-0.39, 0.29) is 0 Å². The van der Waals surface area contributed by atoms with Crippen molar-refractivity contribution in [3.8, 4) is 44.5 Å². The van der Waals surface area contributed by atoms with Gasteiger partial charge in [-0.15, -0.1) is 0 Å². The first-order chi connectivity index (χ1) is 26.8. The summed E-state index contributed by atoms with van der Waals surface area (Å²) in [6.07, 6.45) is 0. The van der Waals surface area contributed by atoms with Gasteiger partial charge in [0, 0.05) is 27.8 Å². The number of fused-ring (bicyclic) bond motifs is 5. The van der Waals surface area contributed by atoms with Crippen molar-refractivity contribution in [2.45, 2.75) is 0 Å². The molecule has 0 aliphatic rings. The normalized spacial score (nSPS) is 11.3. The average Bonchev–Trinajstić information content (AvgIpc) is 3.64. The van der Waals surface area contributed by atoms with Crippen LogP contribution in [0.2, 0.25) is 0 Å². The second-order valence-corrected chi connectivity index (χ2v) is 13.7. The maximum absolute atomic E-state index is 6.23. The van der Waals surface area contributed by atoms with Crippen molar-refractivity contribution in [1.29, 1.82) is 0 Å². The van der Waals surface area contributed by atoms with Gasteiger partial charge in [0.05, 0.1) is 0 Å². The second kappa shape index (κ2) is 13.4. The van der Waals surface area contributed by atoms with Crippen molar-refractivity contribution in [1.82, 2.24) is 0 Å². The molecule has 10 rings (SSSR count). The van der Waals surface area contributed by atoms with Crippen LogP contribution in [0.25, 0.3) is 77.2 Å². The molecule has 54 heavy (non-hydrogen) atoms. The number of furan rings is 1. The van der Waals surface area contributed by atoms with Gasteiger partial charge in [0.25, 0.3) is 0 Å². The second-order valence-electron chi connectivity index (χ2n) is 13.7. The molecule has 0 unspecified atom stereocenters. The van der Waals surface area contributed by atoms with Gasteiger partial charge in [-0.25, -0.2) is 0 Å². The Balaban J connectivity index is 1.09. The third kappa shape index (κ3) is 5.71. The van der Waals surface area contributed by atoms with E-state index in [4.69, 9.17) is 4.42 Å². The molecule has 0 amide bonds. The first-order valence-corrected chi connectivity index (χ1v) is 18.4. The van der Waals surface area contributed by atoms with Crippen LogP contribution in [0.1, 0.15) is 0 Å². The Morgan fingerprint density at radius 1 is 0.296 bits per heavy atom. The lowest BCUT2D eigenvalue weighted by Gasteiger charge is -2.27. The van der Waals surface area contributed by atoms with E-state index in [2.05, 4.69) is 205 Å². The van der Waals surface area contributed by atoms with Crippen LogP contribution in [0.15, 0.2) is 217 Å². The zero-order valence-electron chi connectivity index (χ0n) is 29.6. The summed E-state index contributed by atoms with van der Waals surface area (Å²) < 4.78 is 6.23. The highest BCUT2D eigenvalue weighted by molar-refractivity contribution is 6.19. The van der Waals surface area contributed by atoms with Gasteiger partial charge in [0.1, 0.15) is 11.2 Å². The fourth-order valence-electron chi connectivity index (χ4n) is 7.80. The van der Waals surface area contributed by atoms with E-state index >= 15 is 0 Å². The van der Waals surface area contributed by atoms with Crippen molar-refractivity contribution < 1.29 is 4.42 Å². The molecular formula is C52H35NO. The molecule has 0 fully saturated rings. The molecule has 10 aromatic rings. The Bertz CT molecular complexity index is 2890. The molecule has 0 aliphatic heterocycles.